The summed E-state index contributed by atoms with van der Waals surface area (Å²) in [4.78, 5) is 23.7. The molecule has 1 heterocycles. The van der Waals surface area contributed by atoms with Gasteiger partial charge in [-0.05, 0) is 31.5 Å². The summed E-state index contributed by atoms with van der Waals surface area (Å²) in [5.74, 6) is -0.225. The van der Waals surface area contributed by atoms with Crippen molar-refractivity contribution in [1.29, 1.82) is 0 Å². The second-order valence-corrected chi connectivity index (χ2v) is 4.90. The highest BCUT2D eigenvalue weighted by atomic mass is 19.1. The first-order valence-corrected chi connectivity index (χ1v) is 6.72. The topological polar surface area (TPSA) is 84.2 Å². The van der Waals surface area contributed by atoms with E-state index in [-0.39, 0.29) is 18.1 Å². The maximum Gasteiger partial charge on any atom is 0.247 e. The Hall–Kier alpha value is -2.70. The van der Waals surface area contributed by atoms with Crippen LogP contribution in [0.2, 0.25) is 0 Å². The summed E-state index contributed by atoms with van der Waals surface area (Å²) < 4.78 is 17.6. The molecule has 22 heavy (non-hydrogen) atoms. The fourth-order valence-corrected chi connectivity index (χ4v) is 1.81. The second-order valence-electron chi connectivity index (χ2n) is 4.90. The zero-order chi connectivity index (χ0) is 16.1. The lowest BCUT2D eigenvalue weighted by Gasteiger charge is -2.12. The lowest BCUT2D eigenvalue weighted by molar-refractivity contribution is -0.125. The van der Waals surface area contributed by atoms with Crippen molar-refractivity contribution in [3.05, 3.63) is 47.5 Å². The number of aryl methyl sites for hydroxylation is 1. The fourth-order valence-electron chi connectivity index (χ4n) is 1.81. The Morgan fingerprint density at radius 2 is 2.00 bits per heavy atom. The molecule has 116 valence electrons. The number of hydrogen-bond acceptors (Lipinski definition) is 4. The predicted octanol–water partition coefficient (Wildman–Crippen LogP) is 1.81. The van der Waals surface area contributed by atoms with E-state index in [4.69, 9.17) is 4.52 Å². The highest BCUT2D eigenvalue weighted by Gasteiger charge is 2.17. The Morgan fingerprint density at radius 3 is 2.59 bits per heavy atom. The van der Waals surface area contributed by atoms with Gasteiger partial charge in [-0.15, -0.1) is 0 Å². The van der Waals surface area contributed by atoms with E-state index in [9.17, 15) is 14.0 Å². The molecule has 6 nitrogen and oxygen atoms in total. The van der Waals surface area contributed by atoms with Gasteiger partial charge in [-0.2, -0.15) is 0 Å². The molecule has 0 aliphatic rings. The number of rotatable bonds is 5. The Kier molecular flexibility index (Phi) is 4.88. The summed E-state index contributed by atoms with van der Waals surface area (Å²) in [5, 5.41) is 8.74. The quantitative estimate of drug-likeness (QED) is 0.882. The van der Waals surface area contributed by atoms with Crippen LogP contribution in [-0.4, -0.2) is 23.0 Å². The summed E-state index contributed by atoms with van der Waals surface area (Å²) in [6, 6.07) is 6.46. The molecule has 0 saturated carbocycles. The summed E-state index contributed by atoms with van der Waals surface area (Å²) in [5.41, 5.74) is 0.665. The zero-order valence-corrected chi connectivity index (χ0v) is 12.2. The van der Waals surface area contributed by atoms with Crippen molar-refractivity contribution >= 4 is 17.6 Å². The van der Waals surface area contributed by atoms with E-state index in [0.29, 0.717) is 17.1 Å². The fraction of sp³-hybridized carbons (Fsp3) is 0.267. The number of carbonyl (C=O) groups is 2. The number of nitrogens with zero attached hydrogens (tertiary/aromatic N) is 1. The molecule has 2 N–H and O–H groups in total. The standard InChI is InChI=1S/C15H16FN3O3/c1-9-7-13(19-22-9)18-15(21)10(2)17-14(20)8-11-3-5-12(16)6-4-11/h3-7,10H,8H2,1-2H3,(H,17,20)(H,18,19,21)/t10-/m0/s1. The molecule has 2 rings (SSSR count). The van der Waals surface area contributed by atoms with Crippen molar-refractivity contribution in [2.75, 3.05) is 5.32 Å². The molecule has 0 unspecified atom stereocenters. The SMILES string of the molecule is Cc1cc(NC(=O)[C@H](C)NC(=O)Cc2ccc(F)cc2)no1. The van der Waals surface area contributed by atoms with Gasteiger partial charge >= 0.3 is 0 Å². The van der Waals surface area contributed by atoms with Crippen molar-refractivity contribution in [2.24, 2.45) is 0 Å². The van der Waals surface area contributed by atoms with Gasteiger partial charge in [0.1, 0.15) is 17.6 Å². The number of anilines is 1. The molecule has 2 aromatic rings. The third-order valence-electron chi connectivity index (χ3n) is 2.93. The maximum absolute atomic E-state index is 12.8. The van der Waals surface area contributed by atoms with Gasteiger partial charge in [0.25, 0.3) is 0 Å². The maximum atomic E-state index is 12.8. The molecule has 2 amide bonds. The summed E-state index contributed by atoms with van der Waals surface area (Å²) in [6.07, 6.45) is 0.0704. The van der Waals surface area contributed by atoms with Gasteiger partial charge in [0.2, 0.25) is 11.8 Å². The number of hydrogen-bond donors (Lipinski definition) is 2. The van der Waals surface area contributed by atoms with Crippen LogP contribution < -0.4 is 10.6 Å². The van der Waals surface area contributed by atoms with Gasteiger partial charge in [0, 0.05) is 6.07 Å². The predicted molar refractivity (Wildman–Crippen MR) is 77.6 cm³/mol. The summed E-state index contributed by atoms with van der Waals surface area (Å²) in [6.45, 7) is 3.27. The zero-order valence-electron chi connectivity index (χ0n) is 12.2. The molecular weight excluding hydrogens is 289 g/mol. The molecule has 0 saturated heterocycles. The van der Waals surface area contributed by atoms with E-state index in [1.54, 1.807) is 19.9 Å². The smallest absolute Gasteiger partial charge is 0.247 e. The first-order valence-electron chi connectivity index (χ1n) is 6.72. The number of aromatic nitrogens is 1. The molecule has 0 fully saturated rings. The van der Waals surface area contributed by atoms with E-state index < -0.39 is 11.9 Å². The van der Waals surface area contributed by atoms with E-state index in [0.717, 1.165) is 0 Å². The summed E-state index contributed by atoms with van der Waals surface area (Å²) >= 11 is 0. The van der Waals surface area contributed by atoms with Gasteiger partial charge in [0.15, 0.2) is 5.82 Å². The van der Waals surface area contributed by atoms with Crippen LogP contribution in [0.3, 0.4) is 0 Å². The molecule has 0 aliphatic carbocycles. The molecule has 7 heteroatoms. The third kappa shape index (κ3) is 4.41. The van der Waals surface area contributed by atoms with Crippen molar-refractivity contribution in [2.45, 2.75) is 26.3 Å². The van der Waals surface area contributed by atoms with Crippen molar-refractivity contribution in [1.82, 2.24) is 10.5 Å². The minimum absolute atomic E-state index is 0.0704. The van der Waals surface area contributed by atoms with Crippen LogP contribution in [0.15, 0.2) is 34.9 Å². The first-order chi connectivity index (χ1) is 10.4. The van der Waals surface area contributed by atoms with Gasteiger partial charge in [-0.25, -0.2) is 4.39 Å². The van der Waals surface area contributed by atoms with Gasteiger partial charge in [0.05, 0.1) is 6.42 Å². The molecule has 0 bridgehead atoms. The van der Waals surface area contributed by atoms with Gasteiger partial charge in [-0.1, -0.05) is 17.3 Å². The molecule has 0 radical (unpaired) electrons. The highest BCUT2D eigenvalue weighted by Crippen LogP contribution is 2.07. The van der Waals surface area contributed by atoms with Crippen LogP contribution in [0.5, 0.6) is 0 Å². The number of halogens is 1. The van der Waals surface area contributed by atoms with Crippen LogP contribution in [0.25, 0.3) is 0 Å². The third-order valence-corrected chi connectivity index (χ3v) is 2.93. The molecule has 1 aromatic heterocycles. The molecule has 1 atom stereocenters. The van der Waals surface area contributed by atoms with E-state index >= 15 is 0 Å². The lowest BCUT2D eigenvalue weighted by Crippen LogP contribution is -2.42. The minimum Gasteiger partial charge on any atom is -0.360 e. The molecule has 0 spiro atoms. The van der Waals surface area contributed by atoms with Crippen LogP contribution in [-0.2, 0) is 16.0 Å². The molecule has 1 aromatic carbocycles. The van der Waals surface area contributed by atoms with Crippen LogP contribution in [0, 0.1) is 12.7 Å². The van der Waals surface area contributed by atoms with Crippen LogP contribution in [0.4, 0.5) is 10.2 Å². The Balaban J connectivity index is 1.85. The summed E-state index contributed by atoms with van der Waals surface area (Å²) in [7, 11) is 0. The van der Waals surface area contributed by atoms with Crippen molar-refractivity contribution < 1.29 is 18.5 Å². The van der Waals surface area contributed by atoms with Crippen molar-refractivity contribution in [3.63, 3.8) is 0 Å². The lowest BCUT2D eigenvalue weighted by atomic mass is 10.1. The number of carbonyl (C=O) groups excluding carboxylic acids is 2. The average Bonchev–Trinajstić information content (AvgIpc) is 2.86. The second kappa shape index (κ2) is 6.84. The van der Waals surface area contributed by atoms with E-state index in [1.165, 1.54) is 24.3 Å². The Labute approximate surface area is 126 Å². The van der Waals surface area contributed by atoms with Gasteiger partial charge in [-0.3, -0.25) is 9.59 Å². The Morgan fingerprint density at radius 1 is 1.32 bits per heavy atom. The van der Waals surface area contributed by atoms with E-state index in [1.807, 2.05) is 0 Å². The Bertz CT molecular complexity index is 667. The first kappa shape index (κ1) is 15.7. The molecular formula is C15H16FN3O3. The minimum atomic E-state index is -0.732. The molecule has 0 aliphatic heterocycles. The largest absolute Gasteiger partial charge is 0.360 e. The van der Waals surface area contributed by atoms with Crippen molar-refractivity contribution in [3.8, 4) is 0 Å². The number of benzene rings is 1. The van der Waals surface area contributed by atoms with Crippen LogP contribution in [0.1, 0.15) is 18.2 Å². The van der Waals surface area contributed by atoms with Gasteiger partial charge < -0.3 is 15.2 Å². The van der Waals surface area contributed by atoms with Crippen LogP contribution >= 0.6 is 0 Å². The number of nitrogens with one attached hydrogen (secondary N) is 2. The normalized spacial score (nSPS) is 11.8. The number of amides is 2. The monoisotopic (exact) mass is 305 g/mol. The highest BCUT2D eigenvalue weighted by molar-refractivity contribution is 5.96. The van der Waals surface area contributed by atoms with E-state index in [2.05, 4.69) is 15.8 Å². The average molecular weight is 305 g/mol.